The van der Waals surface area contributed by atoms with E-state index in [0.717, 1.165) is 16.8 Å². The van der Waals surface area contributed by atoms with Crippen molar-refractivity contribution in [3.05, 3.63) is 0 Å². The summed E-state index contributed by atoms with van der Waals surface area (Å²) in [5, 5.41) is 0. The molecule has 0 spiro atoms. The first kappa shape index (κ1) is 15.3. The zero-order valence-electron chi connectivity index (χ0n) is 11.6. The van der Waals surface area contributed by atoms with Gasteiger partial charge in [0.25, 0.3) is 0 Å². The van der Waals surface area contributed by atoms with E-state index in [0.29, 0.717) is 5.41 Å². The van der Waals surface area contributed by atoms with Crippen LogP contribution in [0, 0.1) is 16.7 Å². The van der Waals surface area contributed by atoms with Crippen LogP contribution in [-0.2, 0) is 9.53 Å². The lowest BCUT2D eigenvalue weighted by Crippen LogP contribution is -2.42. The van der Waals surface area contributed by atoms with Crippen LogP contribution in [0.4, 0.5) is 0 Å². The molecule has 2 bridgehead atoms. The quantitative estimate of drug-likeness (QED) is 0.344. The van der Waals surface area contributed by atoms with Crippen LogP contribution in [0.5, 0.6) is 0 Å². The van der Waals surface area contributed by atoms with E-state index < -0.39 is 0 Å². The van der Waals surface area contributed by atoms with Crippen LogP contribution in [0.25, 0.3) is 0 Å². The van der Waals surface area contributed by atoms with Crippen LogP contribution in [0.3, 0.4) is 0 Å². The molecule has 2 saturated carbocycles. The van der Waals surface area contributed by atoms with Crippen LogP contribution in [0.15, 0.2) is 0 Å². The van der Waals surface area contributed by atoms with Crippen molar-refractivity contribution in [2.45, 2.75) is 56.5 Å². The average Bonchev–Trinajstić information content (AvgIpc) is 2.62. The lowest BCUT2D eigenvalue weighted by atomic mass is 9.70. The summed E-state index contributed by atoms with van der Waals surface area (Å²) in [6.07, 6.45) is 3.68. The van der Waals surface area contributed by atoms with Gasteiger partial charge >= 0.3 is 5.97 Å². The minimum atomic E-state index is -0.388. The molecular weight excluding hydrogens is 454 g/mol. The molecule has 0 aromatic carbocycles. The molecule has 0 saturated heterocycles. The fraction of sp³-hybridized carbons (Fsp3) is 0.929. The van der Waals surface area contributed by atoms with Crippen LogP contribution in [-0.4, -0.2) is 19.9 Å². The highest BCUT2D eigenvalue weighted by molar-refractivity contribution is 14.1. The molecule has 0 radical (unpaired) electrons. The third kappa shape index (κ3) is 2.13. The molecular formula is C14H22I2O2. The van der Waals surface area contributed by atoms with Crippen LogP contribution >= 0.6 is 45.2 Å². The van der Waals surface area contributed by atoms with Crippen molar-refractivity contribution in [3.63, 3.8) is 0 Å². The first-order valence-electron chi connectivity index (χ1n) is 6.61. The standard InChI is InChI=1S/C14H22I2O2/c1-12(2)9-5-6-13(12,3)10(7-9)18-11(17)14(4,16)8-15/h9-10H,5-8H2,1-4H3. The largest absolute Gasteiger partial charge is 0.461 e. The Balaban J connectivity index is 2.12. The number of ether oxygens (including phenoxy) is 1. The van der Waals surface area contributed by atoms with E-state index in [9.17, 15) is 4.79 Å². The highest BCUT2D eigenvalue weighted by atomic mass is 127. The van der Waals surface area contributed by atoms with Gasteiger partial charge in [-0.3, -0.25) is 4.79 Å². The summed E-state index contributed by atoms with van der Waals surface area (Å²) < 4.78 is 6.29. The van der Waals surface area contributed by atoms with Crippen LogP contribution < -0.4 is 0 Å². The third-order valence-electron chi connectivity index (χ3n) is 5.64. The number of alkyl halides is 2. The second kappa shape index (κ2) is 4.74. The van der Waals surface area contributed by atoms with Gasteiger partial charge in [-0.1, -0.05) is 66.0 Å². The summed E-state index contributed by atoms with van der Waals surface area (Å²) in [6, 6.07) is 0. The molecule has 4 unspecified atom stereocenters. The molecule has 2 aliphatic rings. The molecule has 4 heteroatoms. The van der Waals surface area contributed by atoms with E-state index in [4.69, 9.17) is 4.74 Å². The van der Waals surface area contributed by atoms with E-state index in [2.05, 4.69) is 66.0 Å². The normalized spacial score (nSPS) is 40.6. The summed E-state index contributed by atoms with van der Waals surface area (Å²) in [4.78, 5) is 12.2. The first-order valence-corrected chi connectivity index (χ1v) is 9.21. The summed E-state index contributed by atoms with van der Waals surface area (Å²) in [5.74, 6) is 0.687. The first-order chi connectivity index (χ1) is 8.15. The molecule has 0 aromatic heterocycles. The highest BCUT2D eigenvalue weighted by Gasteiger charge is 2.63. The highest BCUT2D eigenvalue weighted by Crippen LogP contribution is 2.66. The molecule has 0 N–H and O–H groups in total. The maximum Gasteiger partial charge on any atom is 0.322 e. The Bertz CT molecular complexity index is 365. The van der Waals surface area contributed by atoms with Gasteiger partial charge < -0.3 is 4.74 Å². The van der Waals surface area contributed by atoms with Crippen molar-refractivity contribution in [2.24, 2.45) is 16.7 Å². The van der Waals surface area contributed by atoms with Gasteiger partial charge in [0.15, 0.2) is 0 Å². The molecule has 18 heavy (non-hydrogen) atoms. The average molecular weight is 476 g/mol. The zero-order valence-corrected chi connectivity index (χ0v) is 15.9. The predicted molar refractivity (Wildman–Crippen MR) is 90.4 cm³/mol. The van der Waals surface area contributed by atoms with Gasteiger partial charge in [0.1, 0.15) is 9.53 Å². The maximum atomic E-state index is 12.2. The lowest BCUT2D eigenvalue weighted by molar-refractivity contribution is -0.158. The number of rotatable bonds is 3. The van der Waals surface area contributed by atoms with Gasteiger partial charge in [-0.05, 0) is 37.5 Å². The number of hydrogen-bond donors (Lipinski definition) is 0. The third-order valence-corrected chi connectivity index (χ3v) is 9.45. The second-order valence-electron chi connectivity index (χ2n) is 6.84. The monoisotopic (exact) mass is 476 g/mol. The number of esters is 1. The van der Waals surface area contributed by atoms with Crippen LogP contribution in [0.2, 0.25) is 0 Å². The smallest absolute Gasteiger partial charge is 0.322 e. The van der Waals surface area contributed by atoms with Gasteiger partial charge in [-0.25, -0.2) is 0 Å². The second-order valence-corrected chi connectivity index (χ2v) is 9.98. The number of fused-ring (bicyclic) bond motifs is 2. The minimum Gasteiger partial charge on any atom is -0.461 e. The zero-order chi connectivity index (χ0) is 13.8. The molecule has 104 valence electrons. The van der Waals surface area contributed by atoms with Crippen molar-refractivity contribution in [3.8, 4) is 0 Å². The van der Waals surface area contributed by atoms with E-state index in [1.165, 1.54) is 12.8 Å². The van der Waals surface area contributed by atoms with E-state index >= 15 is 0 Å². The Morgan fingerprint density at radius 2 is 2.06 bits per heavy atom. The number of carbonyl (C=O) groups excluding carboxylic acids is 1. The van der Waals surface area contributed by atoms with E-state index in [1.54, 1.807) is 0 Å². The molecule has 2 rings (SSSR count). The van der Waals surface area contributed by atoms with Crippen molar-refractivity contribution in [2.75, 3.05) is 4.43 Å². The van der Waals surface area contributed by atoms with Gasteiger partial charge in [-0.15, -0.1) is 0 Å². The van der Waals surface area contributed by atoms with Crippen molar-refractivity contribution < 1.29 is 9.53 Å². The SMILES string of the molecule is CC(I)(CI)C(=O)OC1CC2CCC1(C)C2(C)C. The number of carbonyl (C=O) groups is 1. The fourth-order valence-corrected chi connectivity index (χ4v) is 4.05. The van der Waals surface area contributed by atoms with Crippen molar-refractivity contribution >= 4 is 51.2 Å². The van der Waals surface area contributed by atoms with Crippen LogP contribution in [0.1, 0.15) is 47.0 Å². The molecule has 0 aromatic rings. The summed E-state index contributed by atoms with van der Waals surface area (Å²) in [7, 11) is 0. The van der Waals surface area contributed by atoms with Crippen molar-refractivity contribution in [1.82, 2.24) is 0 Å². The molecule has 0 aliphatic heterocycles. The molecule has 2 nitrogen and oxygen atoms in total. The van der Waals surface area contributed by atoms with Gasteiger partial charge in [0.2, 0.25) is 0 Å². The fourth-order valence-electron chi connectivity index (χ4n) is 3.62. The Morgan fingerprint density at radius 3 is 2.44 bits per heavy atom. The Labute approximate surface area is 137 Å². The van der Waals surface area contributed by atoms with E-state index in [1.807, 2.05) is 6.92 Å². The number of hydrogen-bond acceptors (Lipinski definition) is 2. The Kier molecular flexibility index (Phi) is 4.03. The summed E-state index contributed by atoms with van der Waals surface area (Å²) in [6.45, 7) is 8.97. The minimum absolute atomic E-state index is 0.0351. The predicted octanol–water partition coefficient (Wildman–Crippen LogP) is 4.37. The Hall–Kier alpha value is 0.930. The molecule has 2 fully saturated rings. The lowest BCUT2D eigenvalue weighted by Gasteiger charge is -2.39. The van der Waals surface area contributed by atoms with Gasteiger partial charge in [0.05, 0.1) is 0 Å². The molecule has 2 aliphatic carbocycles. The van der Waals surface area contributed by atoms with Crippen molar-refractivity contribution in [1.29, 1.82) is 0 Å². The Morgan fingerprint density at radius 1 is 1.44 bits per heavy atom. The van der Waals surface area contributed by atoms with Gasteiger partial charge in [-0.2, -0.15) is 0 Å². The summed E-state index contributed by atoms with van der Waals surface area (Å²) >= 11 is 4.47. The van der Waals surface area contributed by atoms with Gasteiger partial charge in [0, 0.05) is 9.84 Å². The molecule has 0 heterocycles. The molecule has 0 amide bonds. The number of halogens is 2. The topological polar surface area (TPSA) is 26.3 Å². The summed E-state index contributed by atoms with van der Waals surface area (Å²) in [5.41, 5.74) is 0.481. The maximum absolute atomic E-state index is 12.2. The molecule has 4 atom stereocenters. The van der Waals surface area contributed by atoms with E-state index in [-0.39, 0.29) is 20.9 Å².